The third kappa shape index (κ3) is 3.44. The van der Waals surface area contributed by atoms with E-state index in [2.05, 4.69) is 37.8 Å². The predicted molar refractivity (Wildman–Crippen MR) is 119 cm³/mol. The van der Waals surface area contributed by atoms with Crippen LogP contribution >= 0.6 is 15.9 Å². The van der Waals surface area contributed by atoms with E-state index >= 15 is 0 Å². The SMILES string of the molecule is CCCN(C)c1nc2nc(S(=N)CC)nc3c2n1c(=O)n3Cc1ccc(Br)cc1. The molecule has 1 N–H and O–H groups in total. The summed E-state index contributed by atoms with van der Waals surface area (Å²) in [6.07, 6.45) is 0.937. The van der Waals surface area contributed by atoms with Gasteiger partial charge in [-0.1, -0.05) is 41.9 Å². The lowest BCUT2D eigenvalue weighted by molar-refractivity contribution is 0.743. The zero-order chi connectivity index (χ0) is 20.7. The molecule has 0 spiro atoms. The van der Waals surface area contributed by atoms with Gasteiger partial charge in [-0.15, -0.1) is 0 Å². The van der Waals surface area contributed by atoms with Crippen molar-refractivity contribution in [2.45, 2.75) is 32.0 Å². The molecule has 3 aromatic heterocycles. The molecule has 0 amide bonds. The Bertz CT molecular complexity index is 1250. The lowest BCUT2D eigenvalue weighted by atomic mass is 10.2. The third-order valence-electron chi connectivity index (χ3n) is 4.80. The first-order valence-electron chi connectivity index (χ1n) is 9.44. The Balaban J connectivity index is 1.98. The van der Waals surface area contributed by atoms with Crippen LogP contribution in [0.15, 0.2) is 38.7 Å². The zero-order valence-electron chi connectivity index (χ0n) is 16.5. The van der Waals surface area contributed by atoms with E-state index in [-0.39, 0.29) is 5.69 Å². The van der Waals surface area contributed by atoms with E-state index < -0.39 is 10.7 Å². The summed E-state index contributed by atoms with van der Waals surface area (Å²) in [5.41, 5.74) is 2.46. The first-order valence-corrected chi connectivity index (χ1v) is 11.6. The van der Waals surface area contributed by atoms with Crippen molar-refractivity contribution in [2.75, 3.05) is 24.2 Å². The molecule has 0 fully saturated rings. The van der Waals surface area contributed by atoms with E-state index in [1.54, 1.807) is 8.97 Å². The van der Waals surface area contributed by atoms with Gasteiger partial charge in [0.05, 0.1) is 6.54 Å². The average Bonchev–Trinajstić information content (AvgIpc) is 3.23. The second-order valence-electron chi connectivity index (χ2n) is 6.85. The van der Waals surface area contributed by atoms with Gasteiger partial charge in [-0.3, -0.25) is 9.35 Å². The lowest BCUT2D eigenvalue weighted by Crippen LogP contribution is -2.27. The molecule has 10 heteroatoms. The lowest BCUT2D eigenvalue weighted by Gasteiger charge is -2.14. The Morgan fingerprint density at radius 2 is 1.90 bits per heavy atom. The van der Waals surface area contributed by atoms with Crippen LogP contribution in [-0.2, 0) is 17.2 Å². The quantitative estimate of drug-likeness (QED) is 0.414. The molecule has 1 unspecified atom stereocenters. The van der Waals surface area contributed by atoms with Crippen LogP contribution in [0.3, 0.4) is 0 Å². The highest BCUT2D eigenvalue weighted by Crippen LogP contribution is 2.25. The molecule has 0 radical (unpaired) electrons. The summed E-state index contributed by atoms with van der Waals surface area (Å²) >= 11 is 3.45. The Kier molecular flexibility index (Phi) is 5.39. The molecule has 0 aliphatic rings. The minimum absolute atomic E-state index is 0.184. The summed E-state index contributed by atoms with van der Waals surface area (Å²) in [4.78, 5) is 29.1. The first kappa shape index (κ1) is 20.0. The van der Waals surface area contributed by atoms with Crippen molar-refractivity contribution in [3.05, 3.63) is 44.8 Å². The van der Waals surface area contributed by atoms with Gasteiger partial charge >= 0.3 is 5.69 Å². The monoisotopic (exact) mass is 475 g/mol. The van der Waals surface area contributed by atoms with Crippen LogP contribution in [0.5, 0.6) is 0 Å². The number of benzene rings is 1. The summed E-state index contributed by atoms with van der Waals surface area (Å²) < 4.78 is 12.5. The molecule has 1 aromatic carbocycles. The summed E-state index contributed by atoms with van der Waals surface area (Å²) in [6, 6.07) is 7.87. The molecule has 3 heterocycles. The molecule has 0 aliphatic carbocycles. The van der Waals surface area contributed by atoms with Crippen LogP contribution in [-0.4, -0.2) is 43.3 Å². The van der Waals surface area contributed by atoms with Crippen LogP contribution in [0.4, 0.5) is 5.95 Å². The normalized spacial score (nSPS) is 12.8. The maximum Gasteiger partial charge on any atom is 0.337 e. The predicted octanol–water partition coefficient (Wildman–Crippen LogP) is 3.29. The van der Waals surface area contributed by atoms with Crippen LogP contribution < -0.4 is 10.6 Å². The fraction of sp³-hybridized carbons (Fsp3) is 0.368. The number of nitrogens with one attached hydrogen (secondary N) is 1. The van der Waals surface area contributed by atoms with Crippen LogP contribution in [0.1, 0.15) is 25.8 Å². The highest BCUT2D eigenvalue weighted by Gasteiger charge is 2.25. The second kappa shape index (κ2) is 7.83. The van der Waals surface area contributed by atoms with Crippen molar-refractivity contribution in [1.82, 2.24) is 23.9 Å². The fourth-order valence-electron chi connectivity index (χ4n) is 3.36. The van der Waals surface area contributed by atoms with Gasteiger partial charge in [-0.2, -0.15) is 9.97 Å². The maximum absolute atomic E-state index is 13.4. The van der Waals surface area contributed by atoms with Gasteiger partial charge in [0, 0.05) is 23.8 Å². The number of nitrogens with zero attached hydrogens (tertiary/aromatic N) is 6. The molecule has 0 saturated heterocycles. The van der Waals surface area contributed by atoms with Crippen molar-refractivity contribution in [3.8, 4) is 0 Å². The number of halogens is 1. The Morgan fingerprint density at radius 1 is 1.17 bits per heavy atom. The van der Waals surface area contributed by atoms with Gasteiger partial charge in [0.25, 0.3) is 0 Å². The third-order valence-corrected chi connectivity index (χ3v) is 6.53. The minimum Gasteiger partial charge on any atom is -0.345 e. The molecule has 1 atom stereocenters. The molecular formula is C19H22BrN7OS. The average molecular weight is 476 g/mol. The number of imidazole rings is 2. The molecule has 0 aliphatic heterocycles. The zero-order valence-corrected chi connectivity index (χ0v) is 18.9. The van der Waals surface area contributed by atoms with Crippen molar-refractivity contribution in [1.29, 1.82) is 4.78 Å². The topological polar surface area (TPSA) is 92.2 Å². The smallest absolute Gasteiger partial charge is 0.337 e. The Hall–Kier alpha value is -2.33. The largest absolute Gasteiger partial charge is 0.345 e. The molecule has 29 heavy (non-hydrogen) atoms. The van der Waals surface area contributed by atoms with E-state index in [1.165, 1.54) is 0 Å². The van der Waals surface area contributed by atoms with Crippen LogP contribution in [0, 0.1) is 4.78 Å². The number of hydrogen-bond donors (Lipinski definition) is 1. The van der Waals surface area contributed by atoms with E-state index in [0.717, 1.165) is 23.0 Å². The molecule has 4 aromatic rings. The second-order valence-corrected chi connectivity index (χ2v) is 9.49. The van der Waals surface area contributed by atoms with Crippen molar-refractivity contribution < 1.29 is 0 Å². The van der Waals surface area contributed by atoms with E-state index in [1.807, 2.05) is 43.1 Å². The van der Waals surface area contributed by atoms with Gasteiger partial charge in [-0.05, 0) is 34.8 Å². The number of hydrogen-bond acceptors (Lipinski definition) is 6. The minimum atomic E-state index is -0.845. The van der Waals surface area contributed by atoms with Gasteiger partial charge in [-0.25, -0.2) is 14.2 Å². The fourth-order valence-corrected chi connectivity index (χ4v) is 4.28. The van der Waals surface area contributed by atoms with Crippen molar-refractivity contribution >= 4 is 49.4 Å². The first-order chi connectivity index (χ1) is 13.9. The highest BCUT2D eigenvalue weighted by molar-refractivity contribution is 9.10. The Labute approximate surface area is 179 Å². The molecule has 8 nitrogen and oxygen atoms in total. The van der Waals surface area contributed by atoms with Gasteiger partial charge in [0.2, 0.25) is 11.1 Å². The number of anilines is 1. The van der Waals surface area contributed by atoms with Crippen molar-refractivity contribution in [2.24, 2.45) is 0 Å². The Morgan fingerprint density at radius 3 is 2.55 bits per heavy atom. The highest BCUT2D eigenvalue weighted by atomic mass is 79.9. The number of aromatic nitrogens is 5. The van der Waals surface area contributed by atoms with Gasteiger partial charge < -0.3 is 4.90 Å². The summed E-state index contributed by atoms with van der Waals surface area (Å²) in [6.45, 7) is 5.19. The maximum atomic E-state index is 13.4. The van der Waals surface area contributed by atoms with E-state index in [9.17, 15) is 4.79 Å². The van der Waals surface area contributed by atoms with Crippen LogP contribution in [0.2, 0.25) is 0 Å². The standard InChI is InChI=1S/C19H22BrN7OS/c1-4-10-25(3)18-23-15-14-16(24-17(22-15)29(21)5-2)26(19(28)27(14)18)11-12-6-8-13(20)9-7-12/h6-9,21H,4-5,10-11H2,1-3H3. The molecular weight excluding hydrogens is 454 g/mol. The van der Waals surface area contributed by atoms with Gasteiger partial charge in [0.1, 0.15) is 5.52 Å². The van der Waals surface area contributed by atoms with Crippen molar-refractivity contribution in [3.63, 3.8) is 0 Å². The number of rotatable bonds is 7. The van der Waals surface area contributed by atoms with Crippen LogP contribution in [0.25, 0.3) is 16.8 Å². The van der Waals surface area contributed by atoms with Gasteiger partial charge in [0.15, 0.2) is 11.3 Å². The molecule has 152 valence electrons. The molecule has 0 saturated carbocycles. The summed E-state index contributed by atoms with van der Waals surface area (Å²) in [5, 5.41) is 0.430. The molecule has 0 bridgehead atoms. The molecule has 4 rings (SSSR count). The summed E-state index contributed by atoms with van der Waals surface area (Å²) in [7, 11) is 1.08. The van der Waals surface area contributed by atoms with E-state index in [0.29, 0.717) is 40.2 Å². The summed E-state index contributed by atoms with van der Waals surface area (Å²) in [5.74, 6) is 1.19. The van der Waals surface area contributed by atoms with E-state index in [4.69, 9.17) is 4.78 Å².